The van der Waals surface area contributed by atoms with Crippen LogP contribution in [0.5, 0.6) is 5.75 Å². The Morgan fingerprint density at radius 2 is 1.95 bits per heavy atom. The topological polar surface area (TPSA) is 92.7 Å². The maximum Gasteiger partial charge on any atom is 0.306 e. The van der Waals surface area contributed by atoms with Crippen LogP contribution in [0.15, 0.2) is 29.2 Å². The maximum absolute atomic E-state index is 12.1. The molecule has 1 unspecified atom stereocenters. The lowest BCUT2D eigenvalue weighted by Gasteiger charge is -2.13. The first-order valence-corrected chi connectivity index (χ1v) is 8.30. The summed E-state index contributed by atoms with van der Waals surface area (Å²) in [4.78, 5) is 10.5. The minimum atomic E-state index is -3.53. The van der Waals surface area contributed by atoms with Gasteiger partial charge in [-0.2, -0.15) is 0 Å². The monoisotopic (exact) mass is 315 g/mol. The fourth-order valence-electron chi connectivity index (χ4n) is 1.80. The zero-order valence-electron chi connectivity index (χ0n) is 12.2. The van der Waals surface area contributed by atoms with Gasteiger partial charge in [0.15, 0.2) is 0 Å². The van der Waals surface area contributed by atoms with Gasteiger partial charge < -0.3 is 9.84 Å². The first-order chi connectivity index (χ1) is 9.85. The van der Waals surface area contributed by atoms with Crippen LogP contribution in [0.1, 0.15) is 33.1 Å². The van der Waals surface area contributed by atoms with Crippen molar-refractivity contribution < 1.29 is 23.1 Å². The van der Waals surface area contributed by atoms with Crippen molar-refractivity contribution in [2.24, 2.45) is 0 Å². The summed E-state index contributed by atoms with van der Waals surface area (Å²) in [5, 5.41) is 8.50. The predicted octanol–water partition coefficient (Wildman–Crippen LogP) is 2.01. The molecule has 0 spiro atoms. The van der Waals surface area contributed by atoms with E-state index in [2.05, 4.69) is 4.72 Å². The molecule has 7 heteroatoms. The van der Waals surface area contributed by atoms with Crippen molar-refractivity contribution in [3.63, 3.8) is 0 Å². The molecule has 0 bridgehead atoms. The molecule has 0 fully saturated rings. The molecule has 118 valence electrons. The van der Waals surface area contributed by atoms with Gasteiger partial charge in [0.05, 0.1) is 17.9 Å². The first-order valence-electron chi connectivity index (χ1n) is 6.82. The van der Waals surface area contributed by atoms with Gasteiger partial charge >= 0.3 is 5.97 Å². The summed E-state index contributed by atoms with van der Waals surface area (Å²) in [5.74, 6) is -0.500. The van der Waals surface area contributed by atoms with Crippen LogP contribution < -0.4 is 9.46 Å². The lowest BCUT2D eigenvalue weighted by Crippen LogP contribution is -2.32. The van der Waals surface area contributed by atoms with Crippen molar-refractivity contribution in [1.82, 2.24) is 4.72 Å². The second-order valence-corrected chi connectivity index (χ2v) is 6.49. The molecule has 0 saturated heterocycles. The molecule has 2 N–H and O–H groups in total. The molecule has 0 amide bonds. The van der Waals surface area contributed by atoms with E-state index in [-0.39, 0.29) is 24.0 Å². The van der Waals surface area contributed by atoms with Gasteiger partial charge in [-0.1, -0.05) is 13.3 Å². The zero-order chi connectivity index (χ0) is 15.9. The van der Waals surface area contributed by atoms with E-state index in [0.29, 0.717) is 5.75 Å². The van der Waals surface area contributed by atoms with Gasteiger partial charge in [-0.3, -0.25) is 4.79 Å². The van der Waals surface area contributed by atoms with Crippen molar-refractivity contribution in [3.8, 4) is 5.75 Å². The fraction of sp³-hybridized carbons (Fsp3) is 0.500. The van der Waals surface area contributed by atoms with Gasteiger partial charge in [0.1, 0.15) is 5.75 Å². The molecule has 0 heterocycles. The first kappa shape index (κ1) is 17.5. The van der Waals surface area contributed by atoms with Gasteiger partial charge in [0.25, 0.3) is 0 Å². The van der Waals surface area contributed by atoms with Crippen molar-refractivity contribution in [2.45, 2.75) is 44.0 Å². The van der Waals surface area contributed by atoms with E-state index < -0.39 is 16.0 Å². The average Bonchev–Trinajstić information content (AvgIpc) is 2.38. The second-order valence-electron chi connectivity index (χ2n) is 4.77. The van der Waals surface area contributed by atoms with Crippen LogP contribution in [0.3, 0.4) is 0 Å². The number of aliphatic carboxylic acids is 1. The van der Waals surface area contributed by atoms with Crippen molar-refractivity contribution in [2.75, 3.05) is 6.61 Å². The van der Waals surface area contributed by atoms with Gasteiger partial charge in [-0.25, -0.2) is 13.1 Å². The molecule has 0 aromatic heterocycles. The molecular weight excluding hydrogens is 294 g/mol. The summed E-state index contributed by atoms with van der Waals surface area (Å²) in [7, 11) is -3.53. The van der Waals surface area contributed by atoms with E-state index in [9.17, 15) is 13.2 Å². The van der Waals surface area contributed by atoms with Crippen LogP contribution in [0.4, 0.5) is 0 Å². The summed E-state index contributed by atoms with van der Waals surface area (Å²) in [5.41, 5.74) is 0. The average molecular weight is 315 g/mol. The molecule has 0 aliphatic heterocycles. The number of carboxylic acid groups (broad SMARTS) is 1. The molecule has 0 aliphatic rings. The Labute approximate surface area is 125 Å². The molecular formula is C14H21NO5S. The lowest BCUT2D eigenvalue weighted by atomic mass is 10.2. The number of nitrogens with one attached hydrogen (secondary N) is 1. The van der Waals surface area contributed by atoms with Crippen LogP contribution in [-0.2, 0) is 14.8 Å². The Hall–Kier alpha value is -1.60. The highest BCUT2D eigenvalue weighted by Gasteiger charge is 2.16. The van der Waals surface area contributed by atoms with E-state index in [1.54, 1.807) is 0 Å². The van der Waals surface area contributed by atoms with E-state index in [0.717, 1.165) is 12.8 Å². The number of carbonyl (C=O) groups is 1. The highest BCUT2D eigenvalue weighted by molar-refractivity contribution is 7.89. The van der Waals surface area contributed by atoms with Crippen molar-refractivity contribution >= 4 is 16.0 Å². The Balaban J connectivity index is 2.66. The van der Waals surface area contributed by atoms with E-state index in [1.807, 2.05) is 13.8 Å². The SMILES string of the molecule is CCCC(C)NS(=O)(=O)c1ccc(OCCC(=O)O)cc1. The summed E-state index contributed by atoms with van der Waals surface area (Å²) in [6.07, 6.45) is 1.58. The number of rotatable bonds is 9. The number of hydrogen-bond acceptors (Lipinski definition) is 4. The van der Waals surface area contributed by atoms with Crippen LogP contribution in [-0.4, -0.2) is 32.1 Å². The summed E-state index contributed by atoms with van der Waals surface area (Å²) < 4.78 is 32.0. The maximum atomic E-state index is 12.1. The normalized spacial score (nSPS) is 12.9. The molecule has 21 heavy (non-hydrogen) atoms. The summed E-state index contributed by atoms with van der Waals surface area (Å²) in [6.45, 7) is 3.87. The minimum absolute atomic E-state index is 0.0488. The molecule has 0 aliphatic carbocycles. The Kier molecular flexibility index (Phi) is 6.64. The molecule has 6 nitrogen and oxygen atoms in total. The van der Waals surface area contributed by atoms with Crippen molar-refractivity contribution in [3.05, 3.63) is 24.3 Å². The number of hydrogen-bond donors (Lipinski definition) is 2. The largest absolute Gasteiger partial charge is 0.493 e. The Morgan fingerprint density at radius 3 is 2.48 bits per heavy atom. The van der Waals surface area contributed by atoms with E-state index in [1.165, 1.54) is 24.3 Å². The molecule has 1 rings (SSSR count). The highest BCUT2D eigenvalue weighted by atomic mass is 32.2. The van der Waals surface area contributed by atoms with Gasteiger partial charge in [0, 0.05) is 6.04 Å². The second kappa shape index (κ2) is 7.99. The lowest BCUT2D eigenvalue weighted by molar-refractivity contribution is -0.137. The van der Waals surface area contributed by atoms with Crippen LogP contribution >= 0.6 is 0 Å². The predicted molar refractivity (Wildman–Crippen MR) is 78.9 cm³/mol. The standard InChI is InChI=1S/C14H21NO5S/c1-3-4-11(2)15-21(18,19)13-7-5-12(6-8-13)20-10-9-14(16)17/h5-8,11,15H,3-4,9-10H2,1-2H3,(H,16,17). The fourth-order valence-corrected chi connectivity index (χ4v) is 3.07. The molecule has 0 radical (unpaired) electrons. The van der Waals surface area contributed by atoms with Crippen molar-refractivity contribution in [1.29, 1.82) is 0 Å². The molecule has 1 atom stereocenters. The van der Waals surface area contributed by atoms with Crippen LogP contribution in [0, 0.1) is 0 Å². The number of carboxylic acids is 1. The number of ether oxygens (including phenoxy) is 1. The van der Waals surface area contributed by atoms with Gasteiger partial charge in [-0.15, -0.1) is 0 Å². The number of benzene rings is 1. The highest BCUT2D eigenvalue weighted by Crippen LogP contribution is 2.16. The van der Waals surface area contributed by atoms with E-state index >= 15 is 0 Å². The Bertz CT molecular complexity index is 553. The third-order valence-electron chi connectivity index (χ3n) is 2.80. The summed E-state index contributed by atoms with van der Waals surface area (Å²) in [6, 6.07) is 5.79. The third-order valence-corrected chi connectivity index (χ3v) is 4.40. The van der Waals surface area contributed by atoms with Crippen LogP contribution in [0.25, 0.3) is 0 Å². The third kappa shape index (κ3) is 6.14. The van der Waals surface area contributed by atoms with Crippen LogP contribution in [0.2, 0.25) is 0 Å². The number of sulfonamides is 1. The smallest absolute Gasteiger partial charge is 0.306 e. The minimum Gasteiger partial charge on any atom is -0.493 e. The molecule has 0 saturated carbocycles. The Morgan fingerprint density at radius 1 is 1.33 bits per heavy atom. The van der Waals surface area contributed by atoms with E-state index in [4.69, 9.17) is 9.84 Å². The molecule has 1 aromatic carbocycles. The molecule has 1 aromatic rings. The van der Waals surface area contributed by atoms with Gasteiger partial charge in [0.2, 0.25) is 10.0 Å². The van der Waals surface area contributed by atoms with Gasteiger partial charge in [-0.05, 0) is 37.6 Å². The summed E-state index contributed by atoms with van der Waals surface area (Å²) >= 11 is 0. The zero-order valence-corrected chi connectivity index (χ0v) is 13.0. The quantitative estimate of drug-likeness (QED) is 0.727.